The first-order chi connectivity index (χ1) is 8.95. The van der Waals surface area contributed by atoms with Crippen LogP contribution in [0, 0.1) is 11.8 Å². The maximum atomic E-state index is 11.4. The Kier molecular flexibility index (Phi) is 4.67. The summed E-state index contributed by atoms with van der Waals surface area (Å²) in [6, 6.07) is 0. The van der Waals surface area contributed by atoms with Crippen LogP contribution in [0.1, 0.15) is 25.7 Å². The van der Waals surface area contributed by atoms with Crippen LogP contribution >= 0.6 is 0 Å². The molecule has 19 heavy (non-hydrogen) atoms. The molecule has 110 valence electrons. The minimum Gasteiger partial charge on any atom is -0.370 e. The summed E-state index contributed by atoms with van der Waals surface area (Å²) in [6.07, 6.45) is 6.02. The number of aliphatic imine (C=N–C) groups is 1. The highest BCUT2D eigenvalue weighted by molar-refractivity contribution is 7.88. The van der Waals surface area contributed by atoms with Crippen LogP contribution in [-0.4, -0.2) is 51.1 Å². The number of nitrogens with one attached hydrogen (secondary N) is 1. The van der Waals surface area contributed by atoms with Crippen LogP contribution in [0.3, 0.4) is 0 Å². The second-order valence-corrected chi connectivity index (χ2v) is 7.66. The van der Waals surface area contributed by atoms with E-state index in [1.54, 1.807) is 0 Å². The van der Waals surface area contributed by atoms with Crippen molar-refractivity contribution in [2.75, 3.05) is 32.4 Å². The topological polar surface area (TPSA) is 87.8 Å². The van der Waals surface area contributed by atoms with Crippen LogP contribution in [0.5, 0.6) is 0 Å². The number of sulfonamides is 1. The molecular weight excluding hydrogens is 264 g/mol. The van der Waals surface area contributed by atoms with E-state index in [1.807, 2.05) is 0 Å². The highest BCUT2D eigenvalue weighted by Crippen LogP contribution is 2.25. The standard InChI is InChI=1S/C12H24N4O2S/c1-19(17,18)16-6-5-11(9-16)8-15-12(13)14-7-10-3-2-4-10/h10-11H,2-9H2,1H3,(H3,13,14,15). The summed E-state index contributed by atoms with van der Waals surface area (Å²) in [6.45, 7) is 2.69. The van der Waals surface area contributed by atoms with E-state index in [4.69, 9.17) is 5.73 Å². The van der Waals surface area contributed by atoms with Gasteiger partial charge in [0.15, 0.2) is 5.96 Å². The maximum Gasteiger partial charge on any atom is 0.211 e. The molecule has 0 amide bonds. The van der Waals surface area contributed by atoms with E-state index < -0.39 is 10.0 Å². The van der Waals surface area contributed by atoms with E-state index in [9.17, 15) is 8.42 Å². The van der Waals surface area contributed by atoms with Gasteiger partial charge in [-0.25, -0.2) is 12.7 Å². The Morgan fingerprint density at radius 1 is 1.37 bits per heavy atom. The normalized spacial score (nSPS) is 26.4. The predicted molar refractivity (Wildman–Crippen MR) is 76.4 cm³/mol. The van der Waals surface area contributed by atoms with Crippen molar-refractivity contribution in [1.29, 1.82) is 0 Å². The van der Waals surface area contributed by atoms with Gasteiger partial charge in [-0.1, -0.05) is 6.42 Å². The Balaban J connectivity index is 1.69. The molecule has 0 aromatic carbocycles. The monoisotopic (exact) mass is 288 g/mol. The molecule has 0 bridgehead atoms. The van der Waals surface area contributed by atoms with Crippen LogP contribution in [0.2, 0.25) is 0 Å². The van der Waals surface area contributed by atoms with Crippen molar-refractivity contribution < 1.29 is 8.42 Å². The number of hydrogen-bond acceptors (Lipinski definition) is 3. The zero-order chi connectivity index (χ0) is 13.9. The van der Waals surface area contributed by atoms with E-state index in [-0.39, 0.29) is 0 Å². The molecule has 0 spiro atoms. The number of guanidine groups is 1. The zero-order valence-electron chi connectivity index (χ0n) is 11.5. The Bertz CT molecular complexity index is 431. The SMILES string of the molecule is CS(=O)(=O)N1CCC(CN=C(N)NCC2CCC2)C1. The lowest BCUT2D eigenvalue weighted by atomic mass is 9.85. The molecule has 1 unspecified atom stereocenters. The van der Waals surface area contributed by atoms with Gasteiger partial charge in [-0.05, 0) is 31.1 Å². The second kappa shape index (κ2) is 6.09. The van der Waals surface area contributed by atoms with Crippen molar-refractivity contribution >= 4 is 16.0 Å². The van der Waals surface area contributed by atoms with Crippen molar-refractivity contribution in [1.82, 2.24) is 9.62 Å². The minimum absolute atomic E-state index is 0.291. The van der Waals surface area contributed by atoms with Crippen molar-refractivity contribution in [2.45, 2.75) is 25.7 Å². The molecule has 1 heterocycles. The van der Waals surface area contributed by atoms with E-state index in [0.717, 1.165) is 18.9 Å². The van der Waals surface area contributed by atoms with Gasteiger partial charge >= 0.3 is 0 Å². The van der Waals surface area contributed by atoms with Gasteiger partial charge < -0.3 is 11.1 Å². The molecule has 6 nitrogen and oxygen atoms in total. The number of rotatable bonds is 5. The van der Waals surface area contributed by atoms with Gasteiger partial charge in [-0.3, -0.25) is 4.99 Å². The lowest BCUT2D eigenvalue weighted by molar-refractivity contribution is 0.315. The fraction of sp³-hybridized carbons (Fsp3) is 0.917. The Hall–Kier alpha value is -0.820. The first-order valence-corrected chi connectivity index (χ1v) is 8.79. The number of nitrogens with two attached hydrogens (primary N) is 1. The van der Waals surface area contributed by atoms with Crippen molar-refractivity contribution in [3.63, 3.8) is 0 Å². The third-order valence-electron chi connectivity index (χ3n) is 4.03. The molecule has 1 atom stereocenters. The molecule has 0 radical (unpaired) electrons. The van der Waals surface area contributed by atoms with Gasteiger partial charge in [-0.15, -0.1) is 0 Å². The highest BCUT2D eigenvalue weighted by atomic mass is 32.2. The third-order valence-corrected chi connectivity index (χ3v) is 5.30. The summed E-state index contributed by atoms with van der Waals surface area (Å²) in [5.41, 5.74) is 5.81. The van der Waals surface area contributed by atoms with Crippen LogP contribution in [0.15, 0.2) is 4.99 Å². The van der Waals surface area contributed by atoms with Gasteiger partial charge in [0.2, 0.25) is 10.0 Å². The summed E-state index contributed by atoms with van der Waals surface area (Å²) in [4.78, 5) is 4.31. The van der Waals surface area contributed by atoms with E-state index in [1.165, 1.54) is 29.8 Å². The van der Waals surface area contributed by atoms with Gasteiger partial charge in [0.25, 0.3) is 0 Å². The zero-order valence-corrected chi connectivity index (χ0v) is 12.3. The molecule has 0 aromatic heterocycles. The van der Waals surface area contributed by atoms with Crippen molar-refractivity contribution in [3.05, 3.63) is 0 Å². The summed E-state index contributed by atoms with van der Waals surface area (Å²) in [7, 11) is -3.05. The van der Waals surface area contributed by atoms with Gasteiger partial charge in [0.1, 0.15) is 0 Å². The van der Waals surface area contributed by atoms with E-state index in [0.29, 0.717) is 31.5 Å². The first-order valence-electron chi connectivity index (χ1n) is 6.94. The van der Waals surface area contributed by atoms with Crippen molar-refractivity contribution in [2.24, 2.45) is 22.6 Å². The Morgan fingerprint density at radius 3 is 2.63 bits per heavy atom. The Morgan fingerprint density at radius 2 is 2.11 bits per heavy atom. The Labute approximate surface area is 115 Å². The summed E-state index contributed by atoms with van der Waals surface area (Å²) < 4.78 is 24.3. The third kappa shape index (κ3) is 4.35. The van der Waals surface area contributed by atoms with Crippen LogP contribution in [-0.2, 0) is 10.0 Å². The quantitative estimate of drug-likeness (QED) is 0.549. The first kappa shape index (κ1) is 14.6. The molecule has 0 aromatic rings. The lowest BCUT2D eigenvalue weighted by Crippen LogP contribution is -2.37. The van der Waals surface area contributed by atoms with Gasteiger partial charge in [-0.2, -0.15) is 0 Å². The highest BCUT2D eigenvalue weighted by Gasteiger charge is 2.28. The maximum absolute atomic E-state index is 11.4. The molecule has 2 aliphatic rings. The lowest BCUT2D eigenvalue weighted by Gasteiger charge is -2.25. The molecule has 2 fully saturated rings. The largest absolute Gasteiger partial charge is 0.370 e. The fourth-order valence-corrected chi connectivity index (χ4v) is 3.40. The van der Waals surface area contributed by atoms with Gasteiger partial charge in [0.05, 0.1) is 6.26 Å². The van der Waals surface area contributed by atoms with Crippen molar-refractivity contribution in [3.8, 4) is 0 Å². The average Bonchev–Trinajstić information content (AvgIpc) is 2.72. The summed E-state index contributed by atoms with van der Waals surface area (Å²) in [5.74, 6) is 1.53. The van der Waals surface area contributed by atoms with E-state index in [2.05, 4.69) is 10.3 Å². The molecule has 1 saturated carbocycles. The summed E-state index contributed by atoms with van der Waals surface area (Å²) in [5, 5.41) is 3.15. The minimum atomic E-state index is -3.05. The van der Waals surface area contributed by atoms with Crippen LogP contribution < -0.4 is 11.1 Å². The molecule has 7 heteroatoms. The van der Waals surface area contributed by atoms with Crippen LogP contribution in [0.25, 0.3) is 0 Å². The molecule has 1 saturated heterocycles. The molecule has 1 aliphatic heterocycles. The van der Waals surface area contributed by atoms with Gasteiger partial charge in [0, 0.05) is 26.2 Å². The summed E-state index contributed by atoms with van der Waals surface area (Å²) >= 11 is 0. The van der Waals surface area contributed by atoms with E-state index >= 15 is 0 Å². The molecule has 2 rings (SSSR count). The average molecular weight is 288 g/mol. The fourth-order valence-electron chi connectivity index (χ4n) is 2.48. The predicted octanol–water partition coefficient (Wildman–Crippen LogP) is -0.0277. The molecule has 1 aliphatic carbocycles. The van der Waals surface area contributed by atoms with Crippen LogP contribution in [0.4, 0.5) is 0 Å². The molecular formula is C12H24N4O2S. The number of hydrogen-bond donors (Lipinski definition) is 2. The second-order valence-electron chi connectivity index (χ2n) is 5.68. The molecule has 3 N–H and O–H groups in total. The number of nitrogens with zero attached hydrogens (tertiary/aromatic N) is 2. The smallest absolute Gasteiger partial charge is 0.211 e.